The summed E-state index contributed by atoms with van der Waals surface area (Å²) >= 11 is 1.54. The summed E-state index contributed by atoms with van der Waals surface area (Å²) in [6.07, 6.45) is 0.922. The van der Waals surface area contributed by atoms with Crippen LogP contribution >= 0.6 is 11.3 Å². The lowest BCUT2D eigenvalue weighted by Crippen LogP contribution is -2.29. The Labute approximate surface area is 173 Å². The third-order valence-electron chi connectivity index (χ3n) is 4.92. The van der Waals surface area contributed by atoms with Gasteiger partial charge >= 0.3 is 0 Å². The number of nitrogens with zero attached hydrogens (tertiary/aromatic N) is 2. The minimum Gasteiger partial charge on any atom is -0.322 e. The Bertz CT molecular complexity index is 1020. The van der Waals surface area contributed by atoms with E-state index in [9.17, 15) is 9.59 Å². The van der Waals surface area contributed by atoms with Gasteiger partial charge in [0.15, 0.2) is 5.13 Å². The van der Waals surface area contributed by atoms with Crippen molar-refractivity contribution in [2.75, 3.05) is 23.7 Å². The smallest absolute Gasteiger partial charge is 0.257 e. The van der Waals surface area contributed by atoms with Crippen LogP contribution in [0.25, 0.3) is 0 Å². The van der Waals surface area contributed by atoms with Gasteiger partial charge in [-0.25, -0.2) is 4.98 Å². The van der Waals surface area contributed by atoms with Gasteiger partial charge in [-0.1, -0.05) is 25.1 Å². The van der Waals surface area contributed by atoms with E-state index >= 15 is 0 Å². The molecule has 1 aliphatic heterocycles. The summed E-state index contributed by atoms with van der Waals surface area (Å²) < 4.78 is 0. The molecule has 2 N–H and O–H groups in total. The van der Waals surface area contributed by atoms with E-state index in [-0.39, 0.29) is 11.8 Å². The van der Waals surface area contributed by atoms with Crippen molar-refractivity contribution >= 4 is 34.0 Å². The number of likely N-dealkylation sites (N-methyl/N-ethyl adjacent to an activating group) is 1. The van der Waals surface area contributed by atoms with Crippen LogP contribution in [0.5, 0.6) is 0 Å². The topological polar surface area (TPSA) is 74.3 Å². The molecule has 0 spiro atoms. The van der Waals surface area contributed by atoms with E-state index in [2.05, 4.69) is 27.4 Å². The number of anilines is 2. The molecule has 7 heteroatoms. The van der Waals surface area contributed by atoms with Crippen LogP contribution in [-0.4, -0.2) is 34.8 Å². The second-order valence-electron chi connectivity index (χ2n) is 6.86. The van der Waals surface area contributed by atoms with Gasteiger partial charge in [0.25, 0.3) is 11.8 Å². The Balaban J connectivity index is 1.39. The third kappa shape index (κ3) is 4.52. The van der Waals surface area contributed by atoms with Crippen molar-refractivity contribution in [3.63, 3.8) is 0 Å². The number of fused-ring (bicyclic) bond motifs is 1. The standard InChI is InChI=1S/C22H22N4O2S/c1-2-26-13-12-18-19(14-26)29-22(24-18)25-21(28)16-8-10-17(11-9-16)23-20(27)15-6-4-3-5-7-15/h3-11H,2,12-14H2,1H3,(H,23,27)(H,24,25,28). The molecule has 2 heterocycles. The number of benzene rings is 2. The number of carbonyl (C=O) groups excluding carboxylic acids is 2. The number of nitrogens with one attached hydrogen (secondary N) is 2. The maximum atomic E-state index is 12.6. The molecule has 0 unspecified atom stereocenters. The number of aromatic nitrogens is 1. The van der Waals surface area contributed by atoms with Gasteiger partial charge in [0, 0.05) is 41.2 Å². The van der Waals surface area contributed by atoms with Crippen LogP contribution in [0.2, 0.25) is 0 Å². The van der Waals surface area contributed by atoms with Crippen LogP contribution in [0.1, 0.15) is 38.2 Å². The van der Waals surface area contributed by atoms with E-state index in [0.717, 1.165) is 31.7 Å². The summed E-state index contributed by atoms with van der Waals surface area (Å²) in [5, 5.41) is 6.37. The Morgan fingerprint density at radius 2 is 1.69 bits per heavy atom. The van der Waals surface area contributed by atoms with Crippen molar-refractivity contribution in [3.8, 4) is 0 Å². The van der Waals surface area contributed by atoms with Crippen LogP contribution in [-0.2, 0) is 13.0 Å². The van der Waals surface area contributed by atoms with Crippen LogP contribution in [0.4, 0.5) is 10.8 Å². The van der Waals surface area contributed by atoms with Gasteiger partial charge in [-0.2, -0.15) is 0 Å². The molecule has 0 bridgehead atoms. The molecule has 2 aromatic carbocycles. The first-order chi connectivity index (χ1) is 14.1. The normalized spacial score (nSPS) is 13.6. The predicted molar refractivity (Wildman–Crippen MR) is 116 cm³/mol. The maximum absolute atomic E-state index is 12.6. The van der Waals surface area contributed by atoms with E-state index in [1.165, 1.54) is 4.88 Å². The predicted octanol–water partition coefficient (Wildman–Crippen LogP) is 4.03. The summed E-state index contributed by atoms with van der Waals surface area (Å²) in [5.41, 5.74) is 2.84. The van der Waals surface area contributed by atoms with Gasteiger partial charge in [-0.15, -0.1) is 11.3 Å². The Morgan fingerprint density at radius 3 is 2.41 bits per heavy atom. The van der Waals surface area contributed by atoms with Crippen LogP contribution in [0, 0.1) is 0 Å². The fraction of sp³-hybridized carbons (Fsp3) is 0.227. The second-order valence-corrected chi connectivity index (χ2v) is 7.94. The van der Waals surface area contributed by atoms with Crippen molar-refractivity contribution in [2.45, 2.75) is 19.9 Å². The lowest BCUT2D eigenvalue weighted by Gasteiger charge is -2.23. The number of thiazole rings is 1. The van der Waals surface area contributed by atoms with Gasteiger partial charge in [0.05, 0.1) is 5.69 Å². The molecule has 1 aromatic heterocycles. The zero-order chi connectivity index (χ0) is 20.2. The van der Waals surface area contributed by atoms with Gasteiger partial charge < -0.3 is 5.32 Å². The minimum atomic E-state index is -0.204. The van der Waals surface area contributed by atoms with E-state index in [1.807, 2.05) is 18.2 Å². The zero-order valence-electron chi connectivity index (χ0n) is 16.1. The van der Waals surface area contributed by atoms with E-state index in [4.69, 9.17) is 0 Å². The molecule has 6 nitrogen and oxygen atoms in total. The van der Waals surface area contributed by atoms with Crippen molar-refractivity contribution < 1.29 is 9.59 Å². The first kappa shape index (κ1) is 19.3. The number of amides is 2. The molecule has 0 atom stereocenters. The molecule has 29 heavy (non-hydrogen) atoms. The average molecular weight is 407 g/mol. The highest BCUT2D eigenvalue weighted by molar-refractivity contribution is 7.15. The first-order valence-electron chi connectivity index (χ1n) is 9.61. The minimum absolute atomic E-state index is 0.183. The number of carbonyl (C=O) groups is 2. The van der Waals surface area contributed by atoms with Crippen LogP contribution in [0.3, 0.4) is 0 Å². The quantitative estimate of drug-likeness (QED) is 0.671. The molecule has 0 radical (unpaired) electrons. The Kier molecular flexibility index (Phi) is 5.69. The maximum Gasteiger partial charge on any atom is 0.257 e. The summed E-state index contributed by atoms with van der Waals surface area (Å²) in [6.45, 7) is 5.08. The van der Waals surface area contributed by atoms with Crippen molar-refractivity contribution in [1.29, 1.82) is 0 Å². The molecule has 4 rings (SSSR count). The number of hydrogen-bond donors (Lipinski definition) is 2. The SMILES string of the molecule is CCN1CCc2nc(NC(=O)c3ccc(NC(=O)c4ccccc4)cc3)sc2C1. The zero-order valence-corrected chi connectivity index (χ0v) is 17.0. The molecule has 0 aliphatic carbocycles. The molecule has 0 saturated heterocycles. The van der Waals surface area contributed by atoms with Gasteiger partial charge in [-0.05, 0) is 42.9 Å². The summed E-state index contributed by atoms with van der Waals surface area (Å²) in [7, 11) is 0. The highest BCUT2D eigenvalue weighted by atomic mass is 32.1. The molecule has 0 fully saturated rings. The van der Waals surface area contributed by atoms with Crippen molar-refractivity contribution in [3.05, 3.63) is 76.3 Å². The largest absolute Gasteiger partial charge is 0.322 e. The van der Waals surface area contributed by atoms with Crippen molar-refractivity contribution in [2.24, 2.45) is 0 Å². The van der Waals surface area contributed by atoms with Crippen LogP contribution in [0.15, 0.2) is 54.6 Å². The van der Waals surface area contributed by atoms with E-state index < -0.39 is 0 Å². The molecule has 3 aromatic rings. The summed E-state index contributed by atoms with van der Waals surface area (Å²) in [5.74, 6) is -0.387. The molecule has 148 valence electrons. The molecular weight excluding hydrogens is 384 g/mol. The third-order valence-corrected chi connectivity index (χ3v) is 5.92. The molecule has 2 amide bonds. The van der Waals surface area contributed by atoms with Gasteiger partial charge in [-0.3, -0.25) is 19.8 Å². The lowest BCUT2D eigenvalue weighted by molar-refractivity contribution is 0.102. The fourth-order valence-corrected chi connectivity index (χ4v) is 4.28. The molecule has 1 aliphatic rings. The van der Waals surface area contributed by atoms with Gasteiger partial charge in [0.1, 0.15) is 0 Å². The Hall–Kier alpha value is -3.03. The fourth-order valence-electron chi connectivity index (χ4n) is 3.24. The monoisotopic (exact) mass is 406 g/mol. The highest BCUT2D eigenvalue weighted by Crippen LogP contribution is 2.28. The first-order valence-corrected chi connectivity index (χ1v) is 10.4. The summed E-state index contributed by atoms with van der Waals surface area (Å²) in [6, 6.07) is 15.9. The second kappa shape index (κ2) is 8.55. The number of rotatable bonds is 5. The molecular formula is C22H22N4O2S. The average Bonchev–Trinajstić information content (AvgIpc) is 3.16. The summed E-state index contributed by atoms with van der Waals surface area (Å²) in [4.78, 5) is 33.0. The highest BCUT2D eigenvalue weighted by Gasteiger charge is 2.20. The van der Waals surface area contributed by atoms with E-state index in [1.54, 1.807) is 47.7 Å². The Morgan fingerprint density at radius 1 is 1.00 bits per heavy atom. The van der Waals surface area contributed by atoms with E-state index in [0.29, 0.717) is 21.9 Å². The van der Waals surface area contributed by atoms with Crippen LogP contribution < -0.4 is 10.6 Å². The lowest BCUT2D eigenvalue weighted by atomic mass is 10.1. The molecule has 0 saturated carbocycles. The van der Waals surface area contributed by atoms with Gasteiger partial charge in [0.2, 0.25) is 0 Å². The number of hydrogen-bond acceptors (Lipinski definition) is 5. The van der Waals surface area contributed by atoms with Crippen molar-refractivity contribution in [1.82, 2.24) is 9.88 Å².